The number of anilines is 2. The molecule has 0 fully saturated rings. The highest BCUT2D eigenvalue weighted by Gasteiger charge is 2.10. The molecule has 0 saturated carbocycles. The lowest BCUT2D eigenvalue weighted by Gasteiger charge is -2.06. The number of nitriles is 1. The molecule has 3 N–H and O–H groups in total. The predicted molar refractivity (Wildman–Crippen MR) is 93.5 cm³/mol. The first kappa shape index (κ1) is 17.2. The van der Waals surface area contributed by atoms with Crippen molar-refractivity contribution < 1.29 is 14.7 Å². The summed E-state index contributed by atoms with van der Waals surface area (Å²) in [6.07, 6.45) is 1.31. The Labute approximate surface area is 146 Å². The first-order chi connectivity index (χ1) is 11.5. The molecule has 2 aromatic rings. The van der Waals surface area contributed by atoms with Gasteiger partial charge in [0, 0.05) is 22.0 Å². The van der Waals surface area contributed by atoms with E-state index in [-0.39, 0.29) is 11.1 Å². The van der Waals surface area contributed by atoms with Crippen LogP contribution in [0, 0.1) is 11.3 Å². The summed E-state index contributed by atoms with van der Waals surface area (Å²) in [6.45, 7) is 0. The lowest BCUT2D eigenvalue weighted by molar-refractivity contribution is -0.112. The Bertz CT molecular complexity index is 822. The van der Waals surface area contributed by atoms with Crippen molar-refractivity contribution in [1.82, 2.24) is 0 Å². The molecule has 6 nitrogen and oxygen atoms in total. The largest absolute Gasteiger partial charge is 0.478 e. The van der Waals surface area contributed by atoms with Gasteiger partial charge in [0.2, 0.25) is 0 Å². The average molecular weight is 386 g/mol. The highest BCUT2D eigenvalue weighted by molar-refractivity contribution is 9.10. The van der Waals surface area contributed by atoms with E-state index in [9.17, 15) is 9.59 Å². The third-order valence-electron chi connectivity index (χ3n) is 2.98. The zero-order valence-corrected chi connectivity index (χ0v) is 13.9. The number of hydrogen-bond donors (Lipinski definition) is 3. The van der Waals surface area contributed by atoms with Crippen molar-refractivity contribution in [1.29, 1.82) is 5.26 Å². The van der Waals surface area contributed by atoms with Crippen LogP contribution in [0.3, 0.4) is 0 Å². The highest BCUT2D eigenvalue weighted by atomic mass is 79.9. The fourth-order valence-corrected chi connectivity index (χ4v) is 2.01. The fourth-order valence-electron chi connectivity index (χ4n) is 1.74. The van der Waals surface area contributed by atoms with Crippen molar-refractivity contribution in [3.8, 4) is 6.07 Å². The zero-order valence-electron chi connectivity index (χ0n) is 12.3. The van der Waals surface area contributed by atoms with Gasteiger partial charge in [-0.05, 0) is 48.5 Å². The molecule has 0 aliphatic rings. The van der Waals surface area contributed by atoms with Crippen LogP contribution in [0.2, 0.25) is 0 Å². The topological polar surface area (TPSA) is 102 Å². The van der Waals surface area contributed by atoms with Crippen molar-refractivity contribution in [2.45, 2.75) is 0 Å². The molecule has 120 valence electrons. The van der Waals surface area contributed by atoms with Gasteiger partial charge in [0.15, 0.2) is 0 Å². The monoisotopic (exact) mass is 385 g/mol. The Morgan fingerprint density at radius 2 is 1.62 bits per heavy atom. The van der Waals surface area contributed by atoms with Crippen LogP contribution in [0.15, 0.2) is 64.8 Å². The number of rotatable bonds is 5. The van der Waals surface area contributed by atoms with Crippen LogP contribution in [0.4, 0.5) is 11.4 Å². The summed E-state index contributed by atoms with van der Waals surface area (Å²) in [4.78, 5) is 22.9. The van der Waals surface area contributed by atoms with Crippen LogP contribution >= 0.6 is 15.9 Å². The highest BCUT2D eigenvalue weighted by Crippen LogP contribution is 2.15. The molecular weight excluding hydrogens is 374 g/mol. The third-order valence-corrected chi connectivity index (χ3v) is 3.51. The summed E-state index contributed by atoms with van der Waals surface area (Å²) in [5.74, 6) is -1.64. The summed E-state index contributed by atoms with van der Waals surface area (Å²) >= 11 is 3.32. The smallest absolute Gasteiger partial charge is 0.335 e. The molecular formula is C17H12BrN3O3. The van der Waals surface area contributed by atoms with Gasteiger partial charge < -0.3 is 15.7 Å². The molecule has 1 amide bonds. The Morgan fingerprint density at radius 3 is 2.17 bits per heavy atom. The molecule has 2 rings (SSSR count). The van der Waals surface area contributed by atoms with E-state index in [4.69, 9.17) is 10.4 Å². The minimum absolute atomic E-state index is 0.111. The summed E-state index contributed by atoms with van der Waals surface area (Å²) in [7, 11) is 0. The lowest BCUT2D eigenvalue weighted by Crippen LogP contribution is -2.14. The molecule has 0 unspecified atom stereocenters. The van der Waals surface area contributed by atoms with Crippen LogP contribution < -0.4 is 10.6 Å². The van der Waals surface area contributed by atoms with Crippen LogP contribution in [0.1, 0.15) is 10.4 Å². The second kappa shape index (κ2) is 7.94. The summed E-state index contributed by atoms with van der Waals surface area (Å²) in [5, 5.41) is 23.3. The van der Waals surface area contributed by atoms with Crippen LogP contribution in [-0.2, 0) is 4.79 Å². The molecule has 0 aromatic heterocycles. The van der Waals surface area contributed by atoms with Crippen LogP contribution in [0.25, 0.3) is 0 Å². The maximum Gasteiger partial charge on any atom is 0.335 e. The number of carboxylic acids is 1. The molecule has 0 heterocycles. The van der Waals surface area contributed by atoms with Gasteiger partial charge in [-0.25, -0.2) is 4.79 Å². The molecule has 0 saturated heterocycles. The fraction of sp³-hybridized carbons (Fsp3) is 0. The van der Waals surface area contributed by atoms with E-state index < -0.39 is 11.9 Å². The minimum Gasteiger partial charge on any atom is -0.478 e. The Balaban J connectivity index is 2.05. The van der Waals surface area contributed by atoms with Gasteiger partial charge in [0.1, 0.15) is 11.6 Å². The maximum atomic E-state index is 12.1. The molecule has 0 aliphatic carbocycles. The summed E-state index contributed by atoms with van der Waals surface area (Å²) < 4.78 is 0.917. The van der Waals surface area contributed by atoms with Crippen molar-refractivity contribution in [2.75, 3.05) is 10.6 Å². The number of hydrogen-bond acceptors (Lipinski definition) is 4. The number of carbonyl (C=O) groups excluding carboxylic acids is 1. The first-order valence-corrected chi connectivity index (χ1v) is 7.56. The van der Waals surface area contributed by atoms with Crippen molar-refractivity contribution >= 4 is 39.2 Å². The van der Waals surface area contributed by atoms with Crippen molar-refractivity contribution in [3.63, 3.8) is 0 Å². The Morgan fingerprint density at radius 1 is 1.04 bits per heavy atom. The average Bonchev–Trinajstić information content (AvgIpc) is 2.57. The normalized spacial score (nSPS) is 10.6. The maximum absolute atomic E-state index is 12.1. The standard InChI is InChI=1S/C17H12BrN3O3/c18-13-3-7-14(8-4-13)20-10-12(9-19)16(22)21-15-5-1-11(2-6-15)17(23)24/h1-8,10,20H,(H,21,22)(H,23,24)/b12-10-. The number of benzene rings is 2. The number of carbonyl (C=O) groups is 2. The molecule has 0 radical (unpaired) electrons. The molecule has 0 atom stereocenters. The van der Waals surface area contributed by atoms with Gasteiger partial charge in [0.25, 0.3) is 5.91 Å². The van der Waals surface area contributed by atoms with Gasteiger partial charge in [-0.1, -0.05) is 15.9 Å². The van der Waals surface area contributed by atoms with Crippen LogP contribution in [0.5, 0.6) is 0 Å². The van der Waals surface area contributed by atoms with E-state index in [1.807, 2.05) is 18.2 Å². The van der Waals surface area contributed by atoms with Crippen molar-refractivity contribution in [2.24, 2.45) is 0 Å². The lowest BCUT2D eigenvalue weighted by atomic mass is 10.2. The Kier molecular flexibility index (Phi) is 5.71. The molecule has 24 heavy (non-hydrogen) atoms. The summed E-state index contributed by atoms with van der Waals surface area (Å²) in [5.41, 5.74) is 1.13. The molecule has 0 spiro atoms. The SMILES string of the molecule is N#C/C(=C/Nc1ccc(Br)cc1)C(=O)Nc1ccc(C(=O)O)cc1. The number of aromatic carboxylic acids is 1. The minimum atomic E-state index is -1.05. The van der Waals surface area contributed by atoms with E-state index in [1.165, 1.54) is 30.5 Å². The van der Waals surface area contributed by atoms with Gasteiger partial charge >= 0.3 is 5.97 Å². The van der Waals surface area contributed by atoms with Gasteiger partial charge in [0.05, 0.1) is 5.56 Å². The van der Waals surface area contributed by atoms with Gasteiger partial charge in [-0.3, -0.25) is 4.79 Å². The van der Waals surface area contributed by atoms with E-state index in [1.54, 1.807) is 12.1 Å². The quantitative estimate of drug-likeness (QED) is 0.538. The predicted octanol–water partition coefficient (Wildman–Crippen LogP) is 3.61. The molecule has 2 aromatic carbocycles. The van der Waals surface area contributed by atoms with Gasteiger partial charge in [-0.15, -0.1) is 0 Å². The first-order valence-electron chi connectivity index (χ1n) is 6.76. The third kappa shape index (κ3) is 4.69. The molecule has 0 bridgehead atoms. The van der Waals surface area contributed by atoms with E-state index in [0.29, 0.717) is 5.69 Å². The number of amides is 1. The number of nitrogens with zero attached hydrogens (tertiary/aromatic N) is 1. The van der Waals surface area contributed by atoms with Crippen LogP contribution in [-0.4, -0.2) is 17.0 Å². The number of nitrogens with one attached hydrogen (secondary N) is 2. The Hall–Kier alpha value is -3.11. The number of carboxylic acid groups (broad SMARTS) is 1. The molecule has 7 heteroatoms. The van der Waals surface area contributed by atoms with Gasteiger partial charge in [-0.2, -0.15) is 5.26 Å². The number of halogens is 1. The second-order valence-electron chi connectivity index (χ2n) is 4.66. The van der Waals surface area contributed by atoms with E-state index >= 15 is 0 Å². The molecule has 0 aliphatic heterocycles. The van der Waals surface area contributed by atoms with E-state index in [2.05, 4.69) is 26.6 Å². The second-order valence-corrected chi connectivity index (χ2v) is 5.57. The van der Waals surface area contributed by atoms with Crippen molar-refractivity contribution in [3.05, 3.63) is 70.3 Å². The summed E-state index contributed by atoms with van der Waals surface area (Å²) in [6, 6.07) is 14.7. The zero-order chi connectivity index (χ0) is 17.5. The van der Waals surface area contributed by atoms with E-state index in [0.717, 1.165) is 10.2 Å².